The average Bonchev–Trinajstić information content (AvgIpc) is 2.72. The van der Waals surface area contributed by atoms with E-state index in [0.29, 0.717) is 30.8 Å². The molecule has 2 amide bonds. The van der Waals surface area contributed by atoms with Crippen molar-refractivity contribution in [3.8, 4) is 0 Å². The van der Waals surface area contributed by atoms with Crippen LogP contribution in [-0.4, -0.2) is 36.3 Å². The van der Waals surface area contributed by atoms with Gasteiger partial charge in [-0.3, -0.25) is 9.59 Å². The zero-order chi connectivity index (χ0) is 18.4. The lowest BCUT2D eigenvalue weighted by Gasteiger charge is -2.33. The largest absolute Gasteiger partial charge is 0.352 e. The van der Waals surface area contributed by atoms with Crippen molar-refractivity contribution in [1.82, 2.24) is 10.2 Å². The fraction of sp³-hybridized carbons (Fsp3) is 0.333. The van der Waals surface area contributed by atoms with Crippen LogP contribution in [0, 0.1) is 5.92 Å². The van der Waals surface area contributed by atoms with Gasteiger partial charge in [0.25, 0.3) is 11.8 Å². The van der Waals surface area contributed by atoms with Crippen molar-refractivity contribution in [3.63, 3.8) is 0 Å². The highest BCUT2D eigenvalue weighted by Gasteiger charge is 2.24. The molecule has 0 spiro atoms. The Hall–Kier alpha value is -2.66. The summed E-state index contributed by atoms with van der Waals surface area (Å²) >= 11 is 0. The molecule has 26 heavy (non-hydrogen) atoms. The molecule has 3 N–H and O–H groups in total. The van der Waals surface area contributed by atoms with Crippen LogP contribution in [0.4, 0.5) is 0 Å². The second-order valence-electron chi connectivity index (χ2n) is 6.74. The van der Waals surface area contributed by atoms with E-state index in [-0.39, 0.29) is 17.7 Å². The number of hydrogen-bond acceptors (Lipinski definition) is 3. The van der Waals surface area contributed by atoms with E-state index in [9.17, 15) is 9.59 Å². The molecule has 0 bridgehead atoms. The van der Waals surface area contributed by atoms with Crippen molar-refractivity contribution < 1.29 is 9.59 Å². The van der Waals surface area contributed by atoms with E-state index in [1.54, 1.807) is 12.1 Å². The smallest absolute Gasteiger partial charge is 0.253 e. The molecule has 5 heteroatoms. The molecule has 3 rings (SSSR count). The first-order valence-corrected chi connectivity index (χ1v) is 9.09. The summed E-state index contributed by atoms with van der Waals surface area (Å²) in [5.41, 5.74) is 7.98. The maximum Gasteiger partial charge on any atom is 0.253 e. The van der Waals surface area contributed by atoms with Gasteiger partial charge in [-0.15, -0.1) is 0 Å². The molecular formula is C21H25N3O2. The summed E-state index contributed by atoms with van der Waals surface area (Å²) in [5.74, 6) is 0.266. The molecule has 2 aromatic rings. The molecule has 1 atom stereocenters. The average molecular weight is 351 g/mol. The summed E-state index contributed by atoms with van der Waals surface area (Å²) in [5, 5.41) is 2.99. The molecule has 136 valence electrons. The van der Waals surface area contributed by atoms with Crippen molar-refractivity contribution in [2.24, 2.45) is 11.7 Å². The minimum Gasteiger partial charge on any atom is -0.352 e. The summed E-state index contributed by atoms with van der Waals surface area (Å²) in [6, 6.07) is 16.7. The van der Waals surface area contributed by atoms with Gasteiger partial charge in [0.2, 0.25) is 0 Å². The van der Waals surface area contributed by atoms with Crippen molar-refractivity contribution >= 4 is 11.8 Å². The van der Waals surface area contributed by atoms with E-state index in [0.717, 1.165) is 24.9 Å². The van der Waals surface area contributed by atoms with Gasteiger partial charge in [-0.05, 0) is 48.6 Å². The van der Waals surface area contributed by atoms with Gasteiger partial charge < -0.3 is 16.0 Å². The number of carbonyl (C=O) groups is 2. The molecule has 2 aromatic carbocycles. The van der Waals surface area contributed by atoms with Crippen LogP contribution in [0.5, 0.6) is 0 Å². The number of rotatable bonds is 5. The lowest BCUT2D eigenvalue weighted by atomic mass is 9.97. The summed E-state index contributed by atoms with van der Waals surface area (Å²) in [7, 11) is 0. The summed E-state index contributed by atoms with van der Waals surface area (Å²) < 4.78 is 0. The maximum atomic E-state index is 12.7. The number of nitrogens with zero attached hydrogens (tertiary/aromatic N) is 1. The summed E-state index contributed by atoms with van der Waals surface area (Å²) in [4.78, 5) is 26.8. The highest BCUT2D eigenvalue weighted by Crippen LogP contribution is 2.18. The molecule has 0 saturated carbocycles. The van der Waals surface area contributed by atoms with Gasteiger partial charge in [-0.1, -0.05) is 30.3 Å². The second-order valence-corrected chi connectivity index (χ2v) is 6.74. The monoisotopic (exact) mass is 351 g/mol. The third kappa shape index (κ3) is 4.49. The molecule has 0 aromatic heterocycles. The Balaban J connectivity index is 1.55. The van der Waals surface area contributed by atoms with E-state index in [2.05, 4.69) is 5.32 Å². The van der Waals surface area contributed by atoms with Crippen molar-refractivity contribution in [2.75, 3.05) is 19.6 Å². The third-order valence-corrected chi connectivity index (χ3v) is 4.83. The number of hydrogen-bond donors (Lipinski definition) is 2. The molecule has 1 unspecified atom stereocenters. The van der Waals surface area contributed by atoms with Crippen molar-refractivity contribution in [3.05, 3.63) is 71.3 Å². The van der Waals surface area contributed by atoms with Gasteiger partial charge in [0.1, 0.15) is 0 Å². The minimum atomic E-state index is -0.0635. The first-order chi connectivity index (χ1) is 12.7. The molecule has 1 heterocycles. The minimum absolute atomic E-state index is 0.0488. The zero-order valence-electron chi connectivity index (χ0n) is 14.9. The highest BCUT2D eigenvalue weighted by molar-refractivity contribution is 5.94. The lowest BCUT2D eigenvalue weighted by Crippen LogP contribution is -2.43. The standard InChI is InChI=1S/C21H25N3O2/c22-13-16-8-10-19(11-9-16)21(26)24-12-4-5-17(15-24)14-23-20(25)18-6-2-1-3-7-18/h1-3,6-11,17H,4-5,12-15,22H2,(H,23,25). The van der Waals surface area contributed by atoms with Crippen LogP contribution in [0.1, 0.15) is 39.1 Å². The second kappa shape index (κ2) is 8.63. The van der Waals surface area contributed by atoms with Gasteiger partial charge in [-0.2, -0.15) is 0 Å². The van der Waals surface area contributed by atoms with E-state index < -0.39 is 0 Å². The number of piperidine rings is 1. The Morgan fingerprint density at radius 2 is 1.77 bits per heavy atom. The molecule has 1 aliphatic rings. The van der Waals surface area contributed by atoms with Gasteiger partial charge in [0.05, 0.1) is 0 Å². The number of nitrogens with two attached hydrogens (primary N) is 1. The molecule has 1 saturated heterocycles. The van der Waals surface area contributed by atoms with Crippen molar-refractivity contribution in [1.29, 1.82) is 0 Å². The molecule has 5 nitrogen and oxygen atoms in total. The maximum absolute atomic E-state index is 12.7. The van der Waals surface area contributed by atoms with Gasteiger partial charge in [0, 0.05) is 37.3 Å². The van der Waals surface area contributed by atoms with E-state index in [1.165, 1.54) is 0 Å². The molecular weight excluding hydrogens is 326 g/mol. The van der Waals surface area contributed by atoms with Gasteiger partial charge in [0.15, 0.2) is 0 Å². The zero-order valence-corrected chi connectivity index (χ0v) is 14.9. The SMILES string of the molecule is NCc1ccc(C(=O)N2CCCC(CNC(=O)c3ccccc3)C2)cc1. The summed E-state index contributed by atoms with van der Waals surface area (Å²) in [6.07, 6.45) is 1.98. The Labute approximate surface area is 154 Å². The Morgan fingerprint density at radius 1 is 1.04 bits per heavy atom. The fourth-order valence-corrected chi connectivity index (χ4v) is 3.31. The Kier molecular flexibility index (Phi) is 6.02. The van der Waals surface area contributed by atoms with E-state index in [1.807, 2.05) is 47.4 Å². The lowest BCUT2D eigenvalue weighted by molar-refractivity contribution is 0.0671. The third-order valence-electron chi connectivity index (χ3n) is 4.83. The van der Waals surface area contributed by atoms with Crippen molar-refractivity contribution in [2.45, 2.75) is 19.4 Å². The van der Waals surface area contributed by atoms with Crippen LogP contribution >= 0.6 is 0 Å². The molecule has 1 fully saturated rings. The topological polar surface area (TPSA) is 75.4 Å². The van der Waals surface area contributed by atoms with Crippen LogP contribution in [0.2, 0.25) is 0 Å². The predicted molar refractivity (Wildman–Crippen MR) is 102 cm³/mol. The van der Waals surface area contributed by atoms with Crippen LogP contribution in [0.25, 0.3) is 0 Å². The number of nitrogens with one attached hydrogen (secondary N) is 1. The first kappa shape index (κ1) is 18.1. The molecule has 1 aliphatic heterocycles. The number of likely N-dealkylation sites (tertiary alicyclic amines) is 1. The quantitative estimate of drug-likeness (QED) is 0.869. The van der Waals surface area contributed by atoms with Crippen LogP contribution in [-0.2, 0) is 6.54 Å². The molecule has 0 aliphatic carbocycles. The van der Waals surface area contributed by atoms with Gasteiger partial charge in [-0.25, -0.2) is 0 Å². The summed E-state index contributed by atoms with van der Waals surface area (Å²) in [6.45, 7) is 2.50. The van der Waals surface area contributed by atoms with Gasteiger partial charge >= 0.3 is 0 Å². The Bertz CT molecular complexity index is 744. The Morgan fingerprint density at radius 3 is 2.46 bits per heavy atom. The van der Waals surface area contributed by atoms with E-state index >= 15 is 0 Å². The van der Waals surface area contributed by atoms with Crippen LogP contribution in [0.3, 0.4) is 0 Å². The number of benzene rings is 2. The first-order valence-electron chi connectivity index (χ1n) is 9.09. The normalized spacial score (nSPS) is 17.0. The predicted octanol–water partition coefficient (Wildman–Crippen LogP) is 2.43. The van der Waals surface area contributed by atoms with Crippen LogP contribution < -0.4 is 11.1 Å². The van der Waals surface area contributed by atoms with E-state index in [4.69, 9.17) is 5.73 Å². The highest BCUT2D eigenvalue weighted by atomic mass is 16.2. The fourth-order valence-electron chi connectivity index (χ4n) is 3.31. The number of amides is 2. The van der Waals surface area contributed by atoms with Crippen LogP contribution in [0.15, 0.2) is 54.6 Å². The molecule has 0 radical (unpaired) electrons. The number of carbonyl (C=O) groups excluding carboxylic acids is 2.